The summed E-state index contributed by atoms with van der Waals surface area (Å²) in [6, 6.07) is 8.20. The Bertz CT molecular complexity index is 570. The third-order valence-corrected chi connectivity index (χ3v) is 3.30. The van der Waals surface area contributed by atoms with Crippen molar-refractivity contribution in [3.05, 3.63) is 52.4 Å². The van der Waals surface area contributed by atoms with Crippen molar-refractivity contribution in [2.24, 2.45) is 0 Å². The molecule has 0 radical (unpaired) electrons. The molecule has 0 fully saturated rings. The van der Waals surface area contributed by atoms with Gasteiger partial charge in [0.05, 0.1) is 10.7 Å². The maximum absolute atomic E-state index is 12.1. The number of ether oxygens (including phenoxy) is 1. The highest BCUT2D eigenvalue weighted by Crippen LogP contribution is 2.30. The lowest BCUT2D eigenvalue weighted by Gasteiger charge is -2.11. The van der Waals surface area contributed by atoms with Crippen molar-refractivity contribution >= 4 is 15.9 Å². The van der Waals surface area contributed by atoms with E-state index in [0.29, 0.717) is 13.1 Å². The van der Waals surface area contributed by atoms with Crippen LogP contribution in [0.15, 0.2) is 45.5 Å². The summed E-state index contributed by atoms with van der Waals surface area (Å²) in [7, 11) is 0. The molecule has 0 aliphatic rings. The molecule has 114 valence electrons. The minimum Gasteiger partial charge on any atom is -0.469 e. The minimum atomic E-state index is -4.69. The third-order valence-electron chi connectivity index (χ3n) is 2.68. The van der Waals surface area contributed by atoms with Crippen molar-refractivity contribution in [3.8, 4) is 5.75 Å². The molecule has 0 saturated heterocycles. The number of hydrogen-bond donors (Lipinski definition) is 1. The Morgan fingerprint density at radius 3 is 2.67 bits per heavy atom. The van der Waals surface area contributed by atoms with Crippen molar-refractivity contribution in [1.82, 2.24) is 5.32 Å². The first-order valence-electron chi connectivity index (χ1n) is 6.21. The van der Waals surface area contributed by atoms with E-state index in [9.17, 15) is 13.2 Å². The molecule has 1 aromatic heterocycles. The Morgan fingerprint density at radius 1 is 1.24 bits per heavy atom. The fourth-order valence-electron chi connectivity index (χ4n) is 1.76. The van der Waals surface area contributed by atoms with Crippen LogP contribution in [0.2, 0.25) is 0 Å². The lowest BCUT2D eigenvalue weighted by Crippen LogP contribution is -2.18. The van der Waals surface area contributed by atoms with Crippen molar-refractivity contribution in [2.45, 2.75) is 19.3 Å². The Hall–Kier alpha value is -1.47. The summed E-state index contributed by atoms with van der Waals surface area (Å²) in [6.45, 7) is 1.26. The summed E-state index contributed by atoms with van der Waals surface area (Å²) in [5.41, 5.74) is 0.857. The molecule has 0 unspecified atom stereocenters. The molecule has 3 nitrogen and oxygen atoms in total. The zero-order valence-corrected chi connectivity index (χ0v) is 12.5. The monoisotopic (exact) mass is 363 g/mol. The molecule has 1 N–H and O–H groups in total. The molecule has 0 bridgehead atoms. The Morgan fingerprint density at radius 2 is 2.05 bits per heavy atom. The topological polar surface area (TPSA) is 34.4 Å². The molecule has 1 aromatic carbocycles. The second kappa shape index (κ2) is 7.00. The van der Waals surface area contributed by atoms with Crippen molar-refractivity contribution < 1.29 is 22.3 Å². The van der Waals surface area contributed by atoms with Crippen LogP contribution in [0, 0.1) is 0 Å². The largest absolute Gasteiger partial charge is 0.573 e. The van der Waals surface area contributed by atoms with Crippen LogP contribution in [0.25, 0.3) is 0 Å². The van der Waals surface area contributed by atoms with Gasteiger partial charge in [-0.15, -0.1) is 13.2 Å². The fraction of sp³-hybridized carbons (Fsp3) is 0.286. The van der Waals surface area contributed by atoms with Crippen LogP contribution in [0.5, 0.6) is 5.75 Å². The second-order valence-corrected chi connectivity index (χ2v) is 5.17. The zero-order chi connectivity index (χ0) is 15.3. The van der Waals surface area contributed by atoms with Crippen LogP contribution in [0.1, 0.15) is 11.3 Å². The van der Waals surface area contributed by atoms with Gasteiger partial charge in [0.25, 0.3) is 0 Å². The summed E-state index contributed by atoms with van der Waals surface area (Å²) in [4.78, 5) is 0. The highest BCUT2D eigenvalue weighted by molar-refractivity contribution is 9.10. The number of hydrogen-bond acceptors (Lipinski definition) is 3. The number of halogens is 4. The van der Waals surface area contributed by atoms with E-state index in [1.165, 1.54) is 6.07 Å². The summed E-state index contributed by atoms with van der Waals surface area (Å²) in [5.74, 6) is 0.638. The zero-order valence-electron chi connectivity index (χ0n) is 10.9. The average Bonchev–Trinajstić information content (AvgIpc) is 2.89. The summed E-state index contributed by atoms with van der Waals surface area (Å²) >= 11 is 3.07. The quantitative estimate of drug-likeness (QED) is 0.778. The summed E-state index contributed by atoms with van der Waals surface area (Å²) < 4.78 is 45.8. The van der Waals surface area contributed by atoms with Crippen molar-refractivity contribution in [3.63, 3.8) is 0 Å². The van der Waals surface area contributed by atoms with Gasteiger partial charge < -0.3 is 14.5 Å². The van der Waals surface area contributed by atoms with Crippen LogP contribution in [0.4, 0.5) is 13.2 Å². The van der Waals surface area contributed by atoms with Gasteiger partial charge in [-0.25, -0.2) is 0 Å². The minimum absolute atomic E-state index is 0.248. The molecular weight excluding hydrogens is 351 g/mol. The first-order valence-corrected chi connectivity index (χ1v) is 7.00. The van der Waals surface area contributed by atoms with E-state index in [4.69, 9.17) is 4.42 Å². The van der Waals surface area contributed by atoms with E-state index >= 15 is 0 Å². The fourth-order valence-corrected chi connectivity index (χ4v) is 2.27. The predicted octanol–water partition coefficient (Wildman–Crippen LogP) is 4.27. The first kappa shape index (κ1) is 15.9. The molecule has 0 amide bonds. The van der Waals surface area contributed by atoms with Gasteiger partial charge in [-0.3, -0.25) is 0 Å². The van der Waals surface area contributed by atoms with Crippen molar-refractivity contribution in [1.29, 1.82) is 0 Å². The van der Waals surface area contributed by atoms with E-state index in [0.717, 1.165) is 17.7 Å². The van der Waals surface area contributed by atoms with E-state index in [2.05, 4.69) is 26.0 Å². The molecule has 2 aromatic rings. The van der Waals surface area contributed by atoms with E-state index < -0.39 is 6.36 Å². The maximum atomic E-state index is 12.1. The number of furan rings is 1. The molecule has 0 saturated carbocycles. The lowest BCUT2D eigenvalue weighted by molar-refractivity contribution is -0.274. The number of nitrogens with one attached hydrogen (secondary N) is 1. The predicted molar refractivity (Wildman–Crippen MR) is 74.9 cm³/mol. The van der Waals surface area contributed by atoms with Gasteiger partial charge in [-0.1, -0.05) is 6.07 Å². The van der Waals surface area contributed by atoms with Crippen LogP contribution in [0.3, 0.4) is 0 Å². The lowest BCUT2D eigenvalue weighted by atomic mass is 10.2. The maximum Gasteiger partial charge on any atom is 0.573 e. The van der Waals surface area contributed by atoms with E-state index in [1.807, 2.05) is 12.1 Å². The second-order valence-electron chi connectivity index (χ2n) is 4.32. The molecule has 1 heterocycles. The third kappa shape index (κ3) is 5.43. The molecule has 7 heteroatoms. The molecule has 0 atom stereocenters. The molecule has 0 aliphatic carbocycles. The smallest absolute Gasteiger partial charge is 0.469 e. The van der Waals surface area contributed by atoms with Crippen LogP contribution in [-0.2, 0) is 13.0 Å². The standard InChI is InChI=1S/C14H13BrF3NO2/c15-12-8-10(3-4-13(12)21-14(16,17)18)9-19-6-5-11-2-1-7-20-11/h1-4,7-8,19H,5-6,9H2. The summed E-state index contributed by atoms with van der Waals surface area (Å²) in [6.07, 6.45) is -2.32. The Kier molecular flexibility index (Phi) is 5.30. The van der Waals surface area contributed by atoms with Gasteiger partial charge in [0.1, 0.15) is 11.5 Å². The summed E-state index contributed by atoms with van der Waals surface area (Å²) in [5, 5.41) is 3.19. The molecule has 2 rings (SSSR count). The van der Waals surface area contributed by atoms with Gasteiger partial charge >= 0.3 is 6.36 Å². The SMILES string of the molecule is FC(F)(F)Oc1ccc(CNCCc2ccco2)cc1Br. The molecular formula is C14H13BrF3NO2. The first-order chi connectivity index (χ1) is 9.94. The Balaban J connectivity index is 1.82. The Labute approximate surface area is 128 Å². The van der Waals surface area contributed by atoms with Crippen LogP contribution in [-0.4, -0.2) is 12.9 Å². The molecule has 21 heavy (non-hydrogen) atoms. The highest BCUT2D eigenvalue weighted by Gasteiger charge is 2.31. The van der Waals surface area contributed by atoms with E-state index in [1.54, 1.807) is 18.4 Å². The van der Waals surface area contributed by atoms with Crippen LogP contribution < -0.4 is 10.1 Å². The van der Waals surface area contributed by atoms with Gasteiger partial charge in [-0.05, 0) is 45.8 Å². The number of rotatable bonds is 6. The van der Waals surface area contributed by atoms with Gasteiger partial charge in [0.15, 0.2) is 0 Å². The molecule has 0 aliphatic heterocycles. The van der Waals surface area contributed by atoms with Gasteiger partial charge in [0.2, 0.25) is 0 Å². The highest BCUT2D eigenvalue weighted by atomic mass is 79.9. The molecule has 0 spiro atoms. The number of benzene rings is 1. The number of alkyl halides is 3. The van der Waals surface area contributed by atoms with Gasteiger partial charge in [-0.2, -0.15) is 0 Å². The van der Waals surface area contributed by atoms with E-state index in [-0.39, 0.29) is 10.2 Å². The van der Waals surface area contributed by atoms with Gasteiger partial charge in [0, 0.05) is 19.5 Å². The normalized spacial score (nSPS) is 11.6. The van der Waals surface area contributed by atoms with Crippen LogP contribution >= 0.6 is 15.9 Å². The van der Waals surface area contributed by atoms with Crippen molar-refractivity contribution in [2.75, 3.05) is 6.54 Å². The average molecular weight is 364 g/mol.